The zero-order valence-corrected chi connectivity index (χ0v) is 10.6. The second kappa shape index (κ2) is 8.28. The summed E-state index contributed by atoms with van der Waals surface area (Å²) in [6.45, 7) is 2.47. The number of alkyl carbamates (subject to hydrolysis) is 1. The van der Waals surface area contributed by atoms with Crippen molar-refractivity contribution >= 4 is 12.0 Å². The SMILES string of the molecule is CCCCCCOC(=O)NC(=O)c1ccccc1. The van der Waals surface area contributed by atoms with Gasteiger partial charge >= 0.3 is 6.09 Å². The van der Waals surface area contributed by atoms with Crippen molar-refractivity contribution in [3.8, 4) is 0 Å². The molecule has 4 heteroatoms. The molecule has 1 rings (SSSR count). The molecule has 0 aliphatic heterocycles. The normalized spacial score (nSPS) is 9.83. The van der Waals surface area contributed by atoms with Gasteiger partial charge in [0, 0.05) is 5.56 Å². The zero-order valence-electron chi connectivity index (χ0n) is 10.6. The van der Waals surface area contributed by atoms with Gasteiger partial charge in [-0.1, -0.05) is 44.4 Å². The van der Waals surface area contributed by atoms with Gasteiger partial charge in [-0.05, 0) is 18.6 Å². The lowest BCUT2D eigenvalue weighted by molar-refractivity contribution is 0.0918. The Morgan fingerprint density at radius 1 is 1.11 bits per heavy atom. The van der Waals surface area contributed by atoms with Gasteiger partial charge in [0.15, 0.2) is 0 Å². The van der Waals surface area contributed by atoms with Gasteiger partial charge in [-0.25, -0.2) is 4.79 Å². The molecule has 0 saturated heterocycles. The van der Waals surface area contributed by atoms with Gasteiger partial charge in [0.25, 0.3) is 5.91 Å². The molecule has 2 amide bonds. The maximum atomic E-state index is 11.6. The molecule has 1 aromatic carbocycles. The predicted octanol–water partition coefficient (Wildman–Crippen LogP) is 3.13. The summed E-state index contributed by atoms with van der Waals surface area (Å²) in [7, 11) is 0. The molecule has 1 N–H and O–H groups in total. The third kappa shape index (κ3) is 5.48. The summed E-state index contributed by atoms with van der Waals surface area (Å²) in [5.74, 6) is -0.436. The number of hydrogen-bond acceptors (Lipinski definition) is 3. The molecule has 4 nitrogen and oxygen atoms in total. The highest BCUT2D eigenvalue weighted by Gasteiger charge is 2.09. The summed E-state index contributed by atoms with van der Waals surface area (Å²) in [6, 6.07) is 8.58. The third-order valence-corrected chi connectivity index (χ3v) is 2.48. The van der Waals surface area contributed by atoms with E-state index in [9.17, 15) is 9.59 Å². The van der Waals surface area contributed by atoms with Crippen molar-refractivity contribution in [3.05, 3.63) is 35.9 Å². The fourth-order valence-corrected chi connectivity index (χ4v) is 1.48. The second-order valence-corrected chi connectivity index (χ2v) is 4.02. The molecule has 0 spiro atoms. The molecule has 0 saturated carbocycles. The van der Waals surface area contributed by atoms with E-state index >= 15 is 0 Å². The number of carbonyl (C=O) groups excluding carboxylic acids is 2. The van der Waals surface area contributed by atoms with Crippen molar-refractivity contribution < 1.29 is 14.3 Å². The van der Waals surface area contributed by atoms with Crippen LogP contribution in [-0.2, 0) is 4.74 Å². The van der Waals surface area contributed by atoms with Crippen LogP contribution in [0, 0.1) is 0 Å². The monoisotopic (exact) mass is 249 g/mol. The Morgan fingerprint density at radius 3 is 2.50 bits per heavy atom. The molecule has 0 aromatic heterocycles. The Balaban J connectivity index is 2.22. The van der Waals surface area contributed by atoms with Gasteiger partial charge in [0.2, 0.25) is 0 Å². The second-order valence-electron chi connectivity index (χ2n) is 4.02. The van der Waals surface area contributed by atoms with Crippen LogP contribution in [0.2, 0.25) is 0 Å². The van der Waals surface area contributed by atoms with E-state index in [4.69, 9.17) is 4.74 Å². The molecule has 98 valence electrons. The quantitative estimate of drug-likeness (QED) is 0.788. The molecule has 0 fully saturated rings. The van der Waals surface area contributed by atoms with Gasteiger partial charge in [0.05, 0.1) is 6.61 Å². The molecule has 0 atom stereocenters. The maximum Gasteiger partial charge on any atom is 0.414 e. The minimum absolute atomic E-state index is 0.355. The van der Waals surface area contributed by atoms with E-state index in [1.165, 1.54) is 0 Å². The first-order valence-electron chi connectivity index (χ1n) is 6.27. The van der Waals surface area contributed by atoms with Crippen molar-refractivity contribution in [3.63, 3.8) is 0 Å². The average Bonchev–Trinajstić information content (AvgIpc) is 2.39. The van der Waals surface area contributed by atoms with Gasteiger partial charge in [-0.3, -0.25) is 10.1 Å². The van der Waals surface area contributed by atoms with Crippen LogP contribution >= 0.6 is 0 Å². The maximum absolute atomic E-state index is 11.6. The topological polar surface area (TPSA) is 55.4 Å². The van der Waals surface area contributed by atoms with E-state index in [2.05, 4.69) is 12.2 Å². The van der Waals surface area contributed by atoms with Crippen molar-refractivity contribution in [2.75, 3.05) is 6.61 Å². The number of benzene rings is 1. The summed E-state index contributed by atoms with van der Waals surface area (Å²) in [4.78, 5) is 22.9. The summed E-state index contributed by atoms with van der Waals surface area (Å²) in [5.41, 5.74) is 0.445. The van der Waals surface area contributed by atoms with Crippen molar-refractivity contribution in [1.82, 2.24) is 5.32 Å². The van der Waals surface area contributed by atoms with Gasteiger partial charge in [0.1, 0.15) is 0 Å². The highest BCUT2D eigenvalue weighted by Crippen LogP contribution is 2.00. The number of amides is 2. The fraction of sp³-hybridized carbons (Fsp3) is 0.429. The molecule has 1 aromatic rings. The molecular weight excluding hydrogens is 230 g/mol. The Hall–Kier alpha value is -1.84. The molecule has 0 aliphatic carbocycles. The lowest BCUT2D eigenvalue weighted by Crippen LogP contribution is -2.31. The smallest absolute Gasteiger partial charge is 0.414 e. The van der Waals surface area contributed by atoms with E-state index in [0.717, 1.165) is 25.7 Å². The van der Waals surface area contributed by atoms with E-state index in [1.54, 1.807) is 24.3 Å². The summed E-state index contributed by atoms with van der Waals surface area (Å²) in [5, 5.41) is 2.19. The fourth-order valence-electron chi connectivity index (χ4n) is 1.48. The van der Waals surface area contributed by atoms with Gasteiger partial charge in [-0.2, -0.15) is 0 Å². The zero-order chi connectivity index (χ0) is 13.2. The summed E-state index contributed by atoms with van der Waals surface area (Å²) >= 11 is 0. The summed E-state index contributed by atoms with van der Waals surface area (Å²) < 4.78 is 4.91. The van der Waals surface area contributed by atoms with E-state index in [0.29, 0.717) is 12.2 Å². The van der Waals surface area contributed by atoms with Crippen molar-refractivity contribution in [2.24, 2.45) is 0 Å². The minimum Gasteiger partial charge on any atom is -0.449 e. The van der Waals surface area contributed by atoms with Crippen LogP contribution < -0.4 is 5.32 Å². The molecular formula is C14H19NO3. The first-order valence-corrected chi connectivity index (χ1v) is 6.27. The Bertz CT molecular complexity index is 376. The molecule has 0 unspecified atom stereocenters. The van der Waals surface area contributed by atoms with Crippen LogP contribution in [0.5, 0.6) is 0 Å². The lowest BCUT2D eigenvalue weighted by Gasteiger charge is -2.05. The Kier molecular flexibility index (Phi) is 6.54. The molecule has 18 heavy (non-hydrogen) atoms. The Morgan fingerprint density at radius 2 is 1.83 bits per heavy atom. The van der Waals surface area contributed by atoms with Crippen LogP contribution in [0.1, 0.15) is 43.0 Å². The molecule has 0 heterocycles. The standard InChI is InChI=1S/C14H19NO3/c1-2-3-4-8-11-18-14(17)15-13(16)12-9-6-5-7-10-12/h5-7,9-10H,2-4,8,11H2,1H3,(H,15,16,17). The number of unbranched alkanes of at least 4 members (excludes halogenated alkanes) is 3. The highest BCUT2D eigenvalue weighted by molar-refractivity contribution is 6.02. The molecule has 0 bridgehead atoms. The van der Waals surface area contributed by atoms with Crippen LogP contribution in [0.25, 0.3) is 0 Å². The minimum atomic E-state index is -0.680. The first-order chi connectivity index (χ1) is 8.74. The van der Waals surface area contributed by atoms with Crippen molar-refractivity contribution in [2.45, 2.75) is 32.6 Å². The highest BCUT2D eigenvalue weighted by atomic mass is 16.5. The lowest BCUT2D eigenvalue weighted by atomic mass is 10.2. The number of hydrogen-bond donors (Lipinski definition) is 1. The Labute approximate surface area is 107 Å². The third-order valence-electron chi connectivity index (χ3n) is 2.48. The first kappa shape index (κ1) is 14.2. The van der Waals surface area contributed by atoms with E-state index in [1.807, 2.05) is 6.07 Å². The van der Waals surface area contributed by atoms with Crippen LogP contribution in [0.4, 0.5) is 4.79 Å². The molecule has 0 radical (unpaired) electrons. The van der Waals surface area contributed by atoms with Gasteiger partial charge in [-0.15, -0.1) is 0 Å². The van der Waals surface area contributed by atoms with Crippen LogP contribution in [-0.4, -0.2) is 18.6 Å². The number of rotatable bonds is 6. The van der Waals surface area contributed by atoms with Crippen molar-refractivity contribution in [1.29, 1.82) is 0 Å². The number of ether oxygens (including phenoxy) is 1. The predicted molar refractivity (Wildman–Crippen MR) is 69.4 cm³/mol. The number of carbonyl (C=O) groups is 2. The molecule has 0 aliphatic rings. The van der Waals surface area contributed by atoms with E-state index < -0.39 is 12.0 Å². The van der Waals surface area contributed by atoms with Crippen LogP contribution in [0.3, 0.4) is 0 Å². The van der Waals surface area contributed by atoms with Gasteiger partial charge < -0.3 is 4.74 Å². The number of imide groups is 1. The average molecular weight is 249 g/mol. The van der Waals surface area contributed by atoms with E-state index in [-0.39, 0.29) is 0 Å². The van der Waals surface area contributed by atoms with Crippen LogP contribution in [0.15, 0.2) is 30.3 Å². The summed E-state index contributed by atoms with van der Waals surface area (Å²) in [6.07, 6.45) is 3.46. The number of nitrogens with one attached hydrogen (secondary N) is 1. The largest absolute Gasteiger partial charge is 0.449 e.